The second-order valence-electron chi connectivity index (χ2n) is 8.07. The number of nitrogens with one attached hydrogen (secondary N) is 1. The number of anilines is 1. The number of carboxylic acid groups (broad SMARTS) is 1. The van der Waals surface area contributed by atoms with Crippen LogP contribution in [0, 0.1) is 18.3 Å². The maximum Gasteiger partial charge on any atom is 0.256 e. The Kier molecular flexibility index (Phi) is 4.93. The van der Waals surface area contributed by atoms with E-state index in [2.05, 4.69) is 26.1 Å². The average Bonchev–Trinajstić information content (AvgIpc) is 2.91. The maximum absolute atomic E-state index is 12.6. The minimum absolute atomic E-state index is 0.166. The van der Waals surface area contributed by atoms with Crippen molar-refractivity contribution >= 4 is 28.2 Å². The molecule has 0 radical (unpaired) electrons. The molecule has 3 rings (SSSR count). The van der Waals surface area contributed by atoms with Crippen LogP contribution in [0.5, 0.6) is 0 Å². The fourth-order valence-electron chi connectivity index (χ4n) is 3.63. The third kappa shape index (κ3) is 3.54. The van der Waals surface area contributed by atoms with Crippen molar-refractivity contribution in [2.75, 3.05) is 5.32 Å². The van der Waals surface area contributed by atoms with Crippen LogP contribution >= 0.6 is 11.3 Å². The summed E-state index contributed by atoms with van der Waals surface area (Å²) in [6.45, 7) is 8.52. The standard InChI is InChI=1S/C21H25NO3S/c1-12-7-5-6-8-14(12)18(23)22-19-17(20(24)25)15-10-9-13(21(2,3)4)11-16(15)26-19/h5-8,13H,9-11H2,1-4H3,(H,22,23)(H,24,25)/p-1. The fraction of sp³-hybridized carbons (Fsp3) is 0.429. The van der Waals surface area contributed by atoms with Crippen molar-refractivity contribution in [3.8, 4) is 0 Å². The first-order chi connectivity index (χ1) is 12.2. The molecule has 4 nitrogen and oxygen atoms in total. The Bertz CT molecular complexity index is 861. The van der Waals surface area contributed by atoms with Gasteiger partial charge in [-0.3, -0.25) is 4.79 Å². The predicted octanol–water partition coefficient (Wildman–Crippen LogP) is 3.82. The number of amides is 1. The molecule has 2 aromatic rings. The number of thiophene rings is 1. The monoisotopic (exact) mass is 370 g/mol. The maximum atomic E-state index is 12.6. The average molecular weight is 370 g/mol. The first-order valence-corrected chi connectivity index (χ1v) is 9.73. The Hall–Kier alpha value is -2.14. The van der Waals surface area contributed by atoms with E-state index in [-0.39, 0.29) is 16.9 Å². The summed E-state index contributed by atoms with van der Waals surface area (Å²) in [6.07, 6.45) is 2.53. The van der Waals surface area contributed by atoms with Gasteiger partial charge in [-0.05, 0) is 54.7 Å². The normalized spacial score (nSPS) is 16.8. The van der Waals surface area contributed by atoms with E-state index < -0.39 is 5.97 Å². The van der Waals surface area contributed by atoms with E-state index in [1.165, 1.54) is 11.3 Å². The van der Waals surface area contributed by atoms with Crippen LogP contribution in [0.2, 0.25) is 0 Å². The quantitative estimate of drug-likeness (QED) is 0.893. The van der Waals surface area contributed by atoms with Crippen molar-refractivity contribution < 1.29 is 14.7 Å². The molecule has 1 atom stereocenters. The van der Waals surface area contributed by atoms with Crippen LogP contribution in [-0.4, -0.2) is 11.9 Å². The van der Waals surface area contributed by atoms with Crippen LogP contribution in [0.25, 0.3) is 0 Å². The lowest BCUT2D eigenvalue weighted by atomic mass is 9.72. The van der Waals surface area contributed by atoms with Gasteiger partial charge in [0.05, 0.1) is 5.97 Å². The number of rotatable bonds is 3. The third-order valence-electron chi connectivity index (χ3n) is 5.31. The molecule has 1 aliphatic carbocycles. The molecule has 0 saturated carbocycles. The van der Waals surface area contributed by atoms with E-state index in [9.17, 15) is 14.7 Å². The van der Waals surface area contributed by atoms with Crippen LogP contribution < -0.4 is 10.4 Å². The number of carbonyl (C=O) groups is 2. The minimum atomic E-state index is -1.21. The van der Waals surface area contributed by atoms with Crippen LogP contribution in [-0.2, 0) is 12.8 Å². The van der Waals surface area contributed by atoms with Gasteiger partial charge in [-0.1, -0.05) is 39.0 Å². The molecular formula is C21H24NO3S-. The molecular weight excluding hydrogens is 346 g/mol. The molecule has 1 N–H and O–H groups in total. The molecule has 0 saturated heterocycles. The third-order valence-corrected chi connectivity index (χ3v) is 6.48. The van der Waals surface area contributed by atoms with Crippen molar-refractivity contribution in [2.24, 2.45) is 11.3 Å². The molecule has 0 bridgehead atoms. The van der Waals surface area contributed by atoms with Crippen LogP contribution in [0.4, 0.5) is 5.00 Å². The van der Waals surface area contributed by atoms with Gasteiger partial charge in [-0.2, -0.15) is 0 Å². The van der Waals surface area contributed by atoms with Crippen molar-refractivity contribution in [1.82, 2.24) is 0 Å². The van der Waals surface area contributed by atoms with Gasteiger partial charge in [0.15, 0.2) is 0 Å². The Morgan fingerprint density at radius 3 is 2.54 bits per heavy atom. The first kappa shape index (κ1) is 18.6. The summed E-state index contributed by atoms with van der Waals surface area (Å²) < 4.78 is 0. The number of hydrogen-bond donors (Lipinski definition) is 1. The molecule has 1 unspecified atom stereocenters. The zero-order chi connectivity index (χ0) is 19.1. The van der Waals surface area contributed by atoms with Gasteiger partial charge in [0, 0.05) is 16.0 Å². The van der Waals surface area contributed by atoms with Crippen LogP contribution in [0.1, 0.15) is 63.9 Å². The van der Waals surface area contributed by atoms with E-state index in [0.29, 0.717) is 16.5 Å². The molecule has 0 aliphatic heterocycles. The highest BCUT2D eigenvalue weighted by Gasteiger charge is 2.32. The fourth-order valence-corrected chi connectivity index (χ4v) is 4.94. The summed E-state index contributed by atoms with van der Waals surface area (Å²) in [6, 6.07) is 7.28. The van der Waals surface area contributed by atoms with E-state index in [1.807, 2.05) is 19.1 Å². The number of aryl methyl sites for hydroxylation is 1. The van der Waals surface area contributed by atoms with Crippen molar-refractivity contribution in [2.45, 2.75) is 47.0 Å². The number of benzene rings is 1. The van der Waals surface area contributed by atoms with Gasteiger partial charge < -0.3 is 15.2 Å². The van der Waals surface area contributed by atoms with Gasteiger partial charge in [-0.25, -0.2) is 0 Å². The zero-order valence-corrected chi connectivity index (χ0v) is 16.5. The van der Waals surface area contributed by atoms with E-state index in [1.54, 1.807) is 12.1 Å². The first-order valence-electron chi connectivity index (χ1n) is 8.91. The van der Waals surface area contributed by atoms with Crippen LogP contribution in [0.15, 0.2) is 24.3 Å². The molecule has 5 heteroatoms. The smallest absolute Gasteiger partial charge is 0.256 e. The summed E-state index contributed by atoms with van der Waals surface area (Å²) in [5, 5.41) is 15.0. The van der Waals surface area contributed by atoms with Gasteiger partial charge in [0.25, 0.3) is 5.91 Å². The molecule has 0 fully saturated rings. The minimum Gasteiger partial charge on any atom is -0.545 e. The lowest BCUT2D eigenvalue weighted by Crippen LogP contribution is -2.29. The van der Waals surface area contributed by atoms with Gasteiger partial charge in [-0.15, -0.1) is 11.3 Å². The summed E-state index contributed by atoms with van der Waals surface area (Å²) in [5.74, 6) is -0.989. The second-order valence-corrected chi connectivity index (χ2v) is 9.18. The van der Waals surface area contributed by atoms with Gasteiger partial charge in [0.1, 0.15) is 5.00 Å². The zero-order valence-electron chi connectivity index (χ0n) is 15.6. The number of fused-ring (bicyclic) bond motifs is 1. The van der Waals surface area contributed by atoms with Gasteiger partial charge in [0.2, 0.25) is 0 Å². The second kappa shape index (κ2) is 6.88. The Balaban J connectivity index is 1.94. The Morgan fingerprint density at radius 1 is 1.23 bits per heavy atom. The number of carbonyl (C=O) groups excluding carboxylic acids is 2. The highest BCUT2D eigenvalue weighted by Crippen LogP contribution is 2.44. The topological polar surface area (TPSA) is 69.2 Å². The highest BCUT2D eigenvalue weighted by molar-refractivity contribution is 7.17. The van der Waals surface area contributed by atoms with E-state index in [4.69, 9.17) is 0 Å². The highest BCUT2D eigenvalue weighted by atomic mass is 32.1. The summed E-state index contributed by atoms with van der Waals surface area (Å²) in [5.41, 5.74) is 2.59. The number of hydrogen-bond acceptors (Lipinski definition) is 4. The van der Waals surface area contributed by atoms with Crippen LogP contribution in [0.3, 0.4) is 0 Å². The number of aromatic carboxylic acids is 1. The summed E-state index contributed by atoms with van der Waals surface area (Å²) in [7, 11) is 0. The largest absolute Gasteiger partial charge is 0.545 e. The van der Waals surface area contributed by atoms with Crippen molar-refractivity contribution in [3.05, 3.63) is 51.4 Å². The lowest BCUT2D eigenvalue weighted by Gasteiger charge is -2.34. The van der Waals surface area contributed by atoms with E-state index >= 15 is 0 Å². The molecule has 1 aromatic heterocycles. The summed E-state index contributed by atoms with van der Waals surface area (Å²) >= 11 is 1.39. The lowest BCUT2D eigenvalue weighted by molar-refractivity contribution is -0.254. The Labute approximate surface area is 158 Å². The predicted molar refractivity (Wildman–Crippen MR) is 103 cm³/mol. The van der Waals surface area contributed by atoms with Crippen molar-refractivity contribution in [3.63, 3.8) is 0 Å². The van der Waals surface area contributed by atoms with E-state index in [0.717, 1.165) is 35.3 Å². The Morgan fingerprint density at radius 2 is 1.92 bits per heavy atom. The van der Waals surface area contributed by atoms with Crippen molar-refractivity contribution in [1.29, 1.82) is 0 Å². The number of carboxylic acids is 1. The molecule has 1 heterocycles. The molecule has 138 valence electrons. The van der Waals surface area contributed by atoms with Gasteiger partial charge >= 0.3 is 0 Å². The molecule has 26 heavy (non-hydrogen) atoms. The molecule has 1 aliphatic rings. The summed E-state index contributed by atoms with van der Waals surface area (Å²) in [4.78, 5) is 25.5. The molecule has 1 amide bonds. The molecule has 1 aromatic carbocycles. The molecule has 0 spiro atoms. The SMILES string of the molecule is Cc1ccccc1C(=O)Nc1sc2c(c1C(=O)[O-])CCC(C(C)(C)C)C2.